The largest absolute Gasteiger partial charge is 0.326 e. The molecule has 0 atom stereocenters. The maximum Gasteiger partial charge on any atom is 0.162 e. The molecule has 1 aromatic carbocycles. The monoisotopic (exact) mass is 241 g/mol. The van der Waals surface area contributed by atoms with Gasteiger partial charge in [-0.25, -0.2) is 4.98 Å². The fraction of sp³-hybridized carbons (Fsp3) is 0.0909. The Labute approximate surface area is 101 Å². The van der Waals surface area contributed by atoms with Crippen LogP contribution in [0.25, 0.3) is 22.6 Å². The lowest BCUT2D eigenvalue weighted by Gasteiger charge is -1.97. The molecule has 2 aromatic heterocycles. The van der Waals surface area contributed by atoms with Crippen LogP contribution < -0.4 is 0 Å². The molecule has 0 radical (unpaired) electrons. The Kier molecular flexibility index (Phi) is 2.13. The van der Waals surface area contributed by atoms with E-state index < -0.39 is 0 Å². The summed E-state index contributed by atoms with van der Waals surface area (Å²) < 4.78 is 5.75. The third-order valence-corrected chi connectivity index (χ3v) is 3.13. The molecule has 0 unspecified atom stereocenters. The van der Waals surface area contributed by atoms with Crippen molar-refractivity contribution in [2.75, 3.05) is 0 Å². The van der Waals surface area contributed by atoms with Gasteiger partial charge in [-0.3, -0.25) is 0 Å². The van der Waals surface area contributed by atoms with Gasteiger partial charge in [0.2, 0.25) is 0 Å². The normalized spacial score (nSPS) is 10.6. The average Bonchev–Trinajstić information content (AvgIpc) is 2.97. The van der Waals surface area contributed by atoms with E-state index in [1.807, 2.05) is 29.1 Å². The summed E-state index contributed by atoms with van der Waals surface area (Å²) in [5.74, 6) is 0.733. The quantitative estimate of drug-likeness (QED) is 0.653. The number of hydrogen-bond donors (Lipinski definition) is 0. The lowest BCUT2D eigenvalue weighted by molar-refractivity contribution is 0.946. The second-order valence-electron chi connectivity index (χ2n) is 3.57. The van der Waals surface area contributed by atoms with E-state index in [4.69, 9.17) is 5.26 Å². The van der Waals surface area contributed by atoms with E-state index in [1.54, 1.807) is 6.07 Å². The standard InChI is InChI=1S/C11H7N5S/c1-16-9-4-2-3-7(5-12)10(9)13-11(16)8-6-17-15-14-8/h2-4,6H,1H3. The number of aromatic nitrogens is 4. The minimum absolute atomic E-state index is 0.576. The maximum absolute atomic E-state index is 9.04. The summed E-state index contributed by atoms with van der Waals surface area (Å²) >= 11 is 1.28. The average molecular weight is 241 g/mol. The van der Waals surface area contributed by atoms with Gasteiger partial charge in [-0.05, 0) is 23.7 Å². The second-order valence-corrected chi connectivity index (χ2v) is 4.18. The van der Waals surface area contributed by atoms with Gasteiger partial charge in [0, 0.05) is 12.4 Å². The van der Waals surface area contributed by atoms with Crippen LogP contribution in [0.4, 0.5) is 0 Å². The zero-order chi connectivity index (χ0) is 11.8. The van der Waals surface area contributed by atoms with Gasteiger partial charge in [-0.15, -0.1) is 5.10 Å². The molecule has 0 amide bonds. The minimum Gasteiger partial charge on any atom is -0.326 e. The first-order valence-corrected chi connectivity index (χ1v) is 5.78. The number of aryl methyl sites for hydroxylation is 1. The van der Waals surface area contributed by atoms with Gasteiger partial charge in [0.1, 0.15) is 17.3 Å². The minimum atomic E-state index is 0.576. The predicted molar refractivity (Wildman–Crippen MR) is 64.3 cm³/mol. The fourth-order valence-corrected chi connectivity index (χ4v) is 2.23. The Morgan fingerprint density at radius 1 is 1.41 bits per heavy atom. The number of nitriles is 1. The summed E-state index contributed by atoms with van der Waals surface area (Å²) in [5.41, 5.74) is 2.94. The number of hydrogen-bond acceptors (Lipinski definition) is 5. The van der Waals surface area contributed by atoms with Crippen LogP contribution >= 0.6 is 11.5 Å². The Balaban J connectivity index is 2.37. The van der Waals surface area contributed by atoms with Crippen LogP contribution in [0.5, 0.6) is 0 Å². The van der Waals surface area contributed by atoms with Crippen LogP contribution in [0.1, 0.15) is 5.56 Å². The number of fused-ring (bicyclic) bond motifs is 1. The van der Waals surface area contributed by atoms with Crippen molar-refractivity contribution in [3.63, 3.8) is 0 Å². The molecule has 3 rings (SSSR count). The second kappa shape index (κ2) is 3.64. The summed E-state index contributed by atoms with van der Waals surface area (Å²) in [5, 5.41) is 14.9. The van der Waals surface area contributed by atoms with E-state index >= 15 is 0 Å². The van der Waals surface area contributed by atoms with Crippen molar-refractivity contribution in [1.29, 1.82) is 5.26 Å². The first-order chi connectivity index (χ1) is 8.31. The molecule has 17 heavy (non-hydrogen) atoms. The van der Waals surface area contributed by atoms with E-state index in [0.29, 0.717) is 11.1 Å². The zero-order valence-corrected chi connectivity index (χ0v) is 9.77. The van der Waals surface area contributed by atoms with E-state index in [-0.39, 0.29) is 0 Å². The Morgan fingerprint density at radius 2 is 2.29 bits per heavy atom. The molecule has 0 spiro atoms. The fourth-order valence-electron chi connectivity index (χ4n) is 1.80. The smallest absolute Gasteiger partial charge is 0.162 e. The number of para-hydroxylation sites is 1. The molecule has 5 nitrogen and oxygen atoms in total. The Morgan fingerprint density at radius 3 is 3.00 bits per heavy atom. The summed E-state index contributed by atoms with van der Waals surface area (Å²) in [6, 6.07) is 7.70. The van der Waals surface area contributed by atoms with E-state index in [1.165, 1.54) is 11.5 Å². The number of nitrogens with zero attached hydrogens (tertiary/aromatic N) is 5. The molecule has 82 valence electrons. The van der Waals surface area contributed by atoms with Crippen molar-refractivity contribution in [3.8, 4) is 17.6 Å². The van der Waals surface area contributed by atoms with Crippen LogP contribution in [0.2, 0.25) is 0 Å². The van der Waals surface area contributed by atoms with Crippen LogP contribution in [-0.2, 0) is 7.05 Å². The molecule has 0 aliphatic rings. The summed E-state index contributed by atoms with van der Waals surface area (Å²) in [7, 11) is 1.91. The molecule has 0 saturated carbocycles. The van der Waals surface area contributed by atoms with Crippen molar-refractivity contribution < 1.29 is 0 Å². The van der Waals surface area contributed by atoms with Gasteiger partial charge < -0.3 is 4.57 Å². The molecule has 6 heteroatoms. The van der Waals surface area contributed by atoms with Gasteiger partial charge in [-0.1, -0.05) is 10.6 Å². The molecule has 0 N–H and O–H groups in total. The highest BCUT2D eigenvalue weighted by molar-refractivity contribution is 7.03. The summed E-state index contributed by atoms with van der Waals surface area (Å²) in [4.78, 5) is 4.47. The molecule has 2 heterocycles. The molecule has 0 bridgehead atoms. The number of imidazole rings is 1. The first-order valence-electron chi connectivity index (χ1n) is 4.94. The Bertz CT molecular complexity index is 720. The van der Waals surface area contributed by atoms with Crippen molar-refractivity contribution in [2.45, 2.75) is 0 Å². The SMILES string of the molecule is Cn1c(-c2csnn2)nc2c(C#N)cccc21. The summed E-state index contributed by atoms with van der Waals surface area (Å²) in [6.45, 7) is 0. The lowest BCUT2D eigenvalue weighted by atomic mass is 10.2. The third-order valence-electron chi connectivity index (χ3n) is 2.62. The predicted octanol–water partition coefficient (Wildman–Crippen LogP) is 1.96. The van der Waals surface area contributed by atoms with E-state index in [0.717, 1.165) is 17.0 Å². The molecule has 0 fully saturated rings. The van der Waals surface area contributed by atoms with Gasteiger partial charge in [0.15, 0.2) is 5.82 Å². The Hall–Kier alpha value is -2.26. The highest BCUT2D eigenvalue weighted by atomic mass is 32.1. The first kappa shape index (κ1) is 9.93. The topological polar surface area (TPSA) is 67.4 Å². The lowest BCUT2D eigenvalue weighted by Crippen LogP contribution is -1.92. The highest BCUT2D eigenvalue weighted by Gasteiger charge is 2.13. The van der Waals surface area contributed by atoms with Crippen LogP contribution in [-0.4, -0.2) is 19.1 Å². The third kappa shape index (κ3) is 1.40. The van der Waals surface area contributed by atoms with Gasteiger partial charge in [0.25, 0.3) is 0 Å². The number of rotatable bonds is 1. The zero-order valence-electron chi connectivity index (χ0n) is 8.95. The molecular weight excluding hydrogens is 234 g/mol. The molecule has 0 aliphatic carbocycles. The van der Waals surface area contributed by atoms with Crippen LogP contribution in [0, 0.1) is 11.3 Å². The number of benzene rings is 1. The van der Waals surface area contributed by atoms with Crippen molar-refractivity contribution in [1.82, 2.24) is 19.1 Å². The maximum atomic E-state index is 9.04. The molecule has 0 aliphatic heterocycles. The molecule has 3 aromatic rings. The van der Waals surface area contributed by atoms with Gasteiger partial charge in [-0.2, -0.15) is 5.26 Å². The van der Waals surface area contributed by atoms with Crippen molar-refractivity contribution in [2.24, 2.45) is 7.05 Å². The van der Waals surface area contributed by atoms with Crippen molar-refractivity contribution in [3.05, 3.63) is 29.1 Å². The van der Waals surface area contributed by atoms with Gasteiger partial charge >= 0.3 is 0 Å². The highest BCUT2D eigenvalue weighted by Crippen LogP contribution is 2.24. The molecule has 0 saturated heterocycles. The van der Waals surface area contributed by atoms with Gasteiger partial charge in [0.05, 0.1) is 11.1 Å². The van der Waals surface area contributed by atoms with Crippen molar-refractivity contribution >= 4 is 22.6 Å². The van der Waals surface area contributed by atoms with Crippen LogP contribution in [0.3, 0.4) is 0 Å². The molecular formula is C11H7N5S. The summed E-state index contributed by atoms with van der Waals surface area (Å²) in [6.07, 6.45) is 0. The van der Waals surface area contributed by atoms with E-state index in [9.17, 15) is 0 Å². The van der Waals surface area contributed by atoms with Crippen LogP contribution in [0.15, 0.2) is 23.6 Å². The van der Waals surface area contributed by atoms with E-state index in [2.05, 4.69) is 20.6 Å².